The van der Waals surface area contributed by atoms with Crippen molar-refractivity contribution in [1.29, 1.82) is 0 Å². The van der Waals surface area contributed by atoms with Crippen molar-refractivity contribution >= 4 is 0 Å². The first-order valence-corrected chi connectivity index (χ1v) is 7.64. The summed E-state index contributed by atoms with van der Waals surface area (Å²) < 4.78 is 13.9. The third kappa shape index (κ3) is 4.64. The molecule has 0 aliphatic rings. The number of hydrogen-bond acceptors (Lipinski definition) is 2. The second-order valence-corrected chi connectivity index (χ2v) is 5.29. The molecule has 21 heavy (non-hydrogen) atoms. The smallest absolute Gasteiger partial charge is 0.126 e. The van der Waals surface area contributed by atoms with Gasteiger partial charge in [0, 0.05) is 24.9 Å². The molecule has 0 saturated carbocycles. The lowest BCUT2D eigenvalue weighted by atomic mass is 10.0. The molecular formula is C18H23FN2. The van der Waals surface area contributed by atoms with Gasteiger partial charge in [0.2, 0.25) is 0 Å². The number of aromatic nitrogens is 1. The highest BCUT2D eigenvalue weighted by molar-refractivity contribution is 5.29. The van der Waals surface area contributed by atoms with Crippen molar-refractivity contribution in [1.82, 2.24) is 10.3 Å². The molecule has 0 spiro atoms. The number of pyridine rings is 1. The average Bonchev–Trinajstić information content (AvgIpc) is 2.51. The Morgan fingerprint density at radius 2 is 1.90 bits per heavy atom. The summed E-state index contributed by atoms with van der Waals surface area (Å²) in [5.41, 5.74) is 3.94. The van der Waals surface area contributed by atoms with E-state index in [1.807, 2.05) is 24.4 Å². The Labute approximate surface area is 126 Å². The quantitative estimate of drug-likeness (QED) is 0.781. The van der Waals surface area contributed by atoms with Gasteiger partial charge in [0.1, 0.15) is 5.82 Å². The maximum absolute atomic E-state index is 13.9. The van der Waals surface area contributed by atoms with Crippen molar-refractivity contribution in [2.45, 2.75) is 39.7 Å². The Bertz CT molecular complexity index is 564. The standard InChI is InChI=1S/C18H23FN2/c1-3-9-20-12-15-6-8-18(19)16(10-15)11-17-7-5-14(4-2)13-21-17/h5-8,10,13,20H,3-4,9,11-12H2,1-2H3. The van der Waals surface area contributed by atoms with E-state index in [4.69, 9.17) is 0 Å². The zero-order valence-corrected chi connectivity index (χ0v) is 12.8. The molecule has 0 aliphatic carbocycles. The van der Waals surface area contributed by atoms with Crippen LogP contribution in [0.15, 0.2) is 36.5 Å². The number of hydrogen-bond donors (Lipinski definition) is 1. The van der Waals surface area contributed by atoms with E-state index in [0.29, 0.717) is 12.0 Å². The highest BCUT2D eigenvalue weighted by atomic mass is 19.1. The molecule has 112 valence electrons. The van der Waals surface area contributed by atoms with E-state index < -0.39 is 0 Å². The van der Waals surface area contributed by atoms with Crippen LogP contribution in [0.25, 0.3) is 0 Å². The molecule has 0 radical (unpaired) electrons. The topological polar surface area (TPSA) is 24.9 Å². The fourth-order valence-electron chi connectivity index (χ4n) is 2.25. The molecule has 0 unspecified atom stereocenters. The Kier molecular flexibility index (Phi) is 5.88. The second kappa shape index (κ2) is 7.89. The molecule has 1 N–H and O–H groups in total. The number of nitrogens with one attached hydrogen (secondary N) is 1. The molecule has 2 aromatic rings. The van der Waals surface area contributed by atoms with Gasteiger partial charge in [-0.05, 0) is 48.2 Å². The number of halogens is 1. The third-order valence-corrected chi connectivity index (χ3v) is 3.53. The van der Waals surface area contributed by atoms with Crippen LogP contribution in [0, 0.1) is 5.82 Å². The number of rotatable bonds is 7. The van der Waals surface area contributed by atoms with Gasteiger partial charge in [-0.15, -0.1) is 0 Å². The molecule has 3 heteroatoms. The molecule has 0 bridgehead atoms. The Morgan fingerprint density at radius 1 is 1.10 bits per heavy atom. The minimum Gasteiger partial charge on any atom is -0.313 e. The largest absolute Gasteiger partial charge is 0.313 e. The first-order valence-electron chi connectivity index (χ1n) is 7.64. The van der Waals surface area contributed by atoms with Gasteiger partial charge in [0.05, 0.1) is 0 Å². The lowest BCUT2D eigenvalue weighted by Crippen LogP contribution is -2.14. The Balaban J connectivity index is 2.08. The van der Waals surface area contributed by atoms with E-state index in [2.05, 4.69) is 30.2 Å². The van der Waals surface area contributed by atoms with Crippen LogP contribution >= 0.6 is 0 Å². The monoisotopic (exact) mass is 286 g/mol. The lowest BCUT2D eigenvalue weighted by molar-refractivity contribution is 0.609. The van der Waals surface area contributed by atoms with Gasteiger partial charge in [-0.1, -0.05) is 32.0 Å². The maximum atomic E-state index is 13.9. The summed E-state index contributed by atoms with van der Waals surface area (Å²) in [6.07, 6.45) is 4.49. The normalized spacial score (nSPS) is 10.8. The molecule has 0 fully saturated rings. The number of benzene rings is 1. The SMILES string of the molecule is CCCNCc1ccc(F)c(Cc2ccc(CC)cn2)c1. The molecule has 1 aromatic carbocycles. The van der Waals surface area contributed by atoms with Gasteiger partial charge in [-0.2, -0.15) is 0 Å². The maximum Gasteiger partial charge on any atom is 0.126 e. The van der Waals surface area contributed by atoms with Gasteiger partial charge in [0.15, 0.2) is 0 Å². The van der Waals surface area contributed by atoms with E-state index in [0.717, 1.165) is 37.2 Å². The minimum absolute atomic E-state index is 0.157. The van der Waals surface area contributed by atoms with E-state index in [1.54, 1.807) is 6.07 Å². The number of aryl methyl sites for hydroxylation is 1. The van der Waals surface area contributed by atoms with E-state index in [-0.39, 0.29) is 5.82 Å². The first kappa shape index (κ1) is 15.6. The van der Waals surface area contributed by atoms with Gasteiger partial charge in [-0.25, -0.2) is 4.39 Å². The van der Waals surface area contributed by atoms with Crippen molar-refractivity contribution in [3.05, 3.63) is 64.7 Å². The molecule has 2 nitrogen and oxygen atoms in total. The van der Waals surface area contributed by atoms with Crippen LogP contribution in [0.3, 0.4) is 0 Å². The summed E-state index contributed by atoms with van der Waals surface area (Å²) in [6.45, 7) is 5.99. The van der Waals surface area contributed by atoms with Gasteiger partial charge in [0.25, 0.3) is 0 Å². The van der Waals surface area contributed by atoms with Crippen LogP contribution in [-0.2, 0) is 19.4 Å². The zero-order valence-electron chi connectivity index (χ0n) is 12.8. The molecule has 1 heterocycles. The number of nitrogens with zero attached hydrogens (tertiary/aromatic N) is 1. The van der Waals surface area contributed by atoms with E-state index >= 15 is 0 Å². The highest BCUT2D eigenvalue weighted by Crippen LogP contribution is 2.15. The summed E-state index contributed by atoms with van der Waals surface area (Å²) in [7, 11) is 0. The average molecular weight is 286 g/mol. The van der Waals surface area contributed by atoms with Gasteiger partial charge in [-0.3, -0.25) is 4.98 Å². The van der Waals surface area contributed by atoms with Crippen molar-refractivity contribution in [3.8, 4) is 0 Å². The summed E-state index contributed by atoms with van der Waals surface area (Å²) in [5.74, 6) is -0.157. The van der Waals surface area contributed by atoms with Gasteiger partial charge < -0.3 is 5.32 Å². The van der Waals surface area contributed by atoms with E-state index in [1.165, 1.54) is 5.56 Å². The second-order valence-electron chi connectivity index (χ2n) is 5.29. The van der Waals surface area contributed by atoms with Gasteiger partial charge >= 0.3 is 0 Å². The van der Waals surface area contributed by atoms with Crippen LogP contribution in [-0.4, -0.2) is 11.5 Å². The van der Waals surface area contributed by atoms with Crippen molar-refractivity contribution < 1.29 is 4.39 Å². The fraction of sp³-hybridized carbons (Fsp3) is 0.389. The Morgan fingerprint density at radius 3 is 2.57 bits per heavy atom. The third-order valence-electron chi connectivity index (χ3n) is 3.53. The minimum atomic E-state index is -0.157. The van der Waals surface area contributed by atoms with Crippen LogP contribution in [0.1, 0.15) is 42.7 Å². The van der Waals surface area contributed by atoms with Crippen LogP contribution in [0.5, 0.6) is 0 Å². The van der Waals surface area contributed by atoms with Crippen LogP contribution in [0.2, 0.25) is 0 Å². The molecule has 0 atom stereocenters. The molecule has 2 rings (SSSR count). The molecule has 0 aliphatic heterocycles. The van der Waals surface area contributed by atoms with Crippen LogP contribution < -0.4 is 5.32 Å². The highest BCUT2D eigenvalue weighted by Gasteiger charge is 2.06. The predicted octanol–water partition coefficient (Wildman–Crippen LogP) is 3.87. The first-order chi connectivity index (χ1) is 10.2. The predicted molar refractivity (Wildman–Crippen MR) is 84.8 cm³/mol. The fourth-order valence-corrected chi connectivity index (χ4v) is 2.25. The summed E-state index contributed by atoms with van der Waals surface area (Å²) in [6, 6.07) is 9.38. The summed E-state index contributed by atoms with van der Waals surface area (Å²) >= 11 is 0. The van der Waals surface area contributed by atoms with Crippen molar-refractivity contribution in [3.63, 3.8) is 0 Å². The lowest BCUT2D eigenvalue weighted by Gasteiger charge is -2.08. The molecule has 1 aromatic heterocycles. The summed E-state index contributed by atoms with van der Waals surface area (Å²) in [5, 5.41) is 3.34. The molecular weight excluding hydrogens is 263 g/mol. The molecule has 0 saturated heterocycles. The van der Waals surface area contributed by atoms with E-state index in [9.17, 15) is 4.39 Å². The summed E-state index contributed by atoms with van der Waals surface area (Å²) in [4.78, 5) is 4.41. The molecule has 0 amide bonds. The van der Waals surface area contributed by atoms with Crippen molar-refractivity contribution in [2.24, 2.45) is 0 Å². The Hall–Kier alpha value is -1.74. The van der Waals surface area contributed by atoms with Crippen molar-refractivity contribution in [2.75, 3.05) is 6.54 Å². The zero-order chi connectivity index (χ0) is 15.1. The van der Waals surface area contributed by atoms with Crippen LogP contribution in [0.4, 0.5) is 4.39 Å².